The lowest BCUT2D eigenvalue weighted by atomic mass is 9.98. The second-order valence-electron chi connectivity index (χ2n) is 11.4. The molecule has 0 aliphatic heterocycles. The molecule has 8 aromatic rings. The van der Waals surface area contributed by atoms with Crippen LogP contribution in [-0.2, 0) is 0 Å². The maximum atomic E-state index is 8.44. The van der Waals surface area contributed by atoms with Gasteiger partial charge in [-0.25, -0.2) is 0 Å². The van der Waals surface area contributed by atoms with Gasteiger partial charge >= 0.3 is 7.69 Å². The van der Waals surface area contributed by atoms with Crippen LogP contribution in [0.25, 0.3) is 54.9 Å². The topological polar surface area (TPSA) is 29.5 Å². The molecule has 1 N–H and O–H groups in total. The zero-order chi connectivity index (χ0) is 34.7. The average molecular weight is 889 g/mol. The lowest BCUT2D eigenvalue weighted by molar-refractivity contribution is 0.454. The van der Waals surface area contributed by atoms with Gasteiger partial charge in [-0.3, -0.25) is 0 Å². The van der Waals surface area contributed by atoms with Crippen LogP contribution in [0, 0.1) is 3.57 Å². The molecule has 0 saturated carbocycles. The molecule has 0 heterocycles. The highest BCUT2D eigenvalue weighted by molar-refractivity contribution is 14.1. The first-order chi connectivity index (χ1) is 24.4. The van der Waals surface area contributed by atoms with E-state index in [-0.39, 0.29) is 0 Å². The highest BCUT2D eigenvalue weighted by atomic mass is 127. The van der Waals surface area contributed by atoms with Crippen molar-refractivity contribution in [2.24, 2.45) is 0 Å². The molecule has 0 amide bonds. The van der Waals surface area contributed by atoms with Gasteiger partial charge in [0.2, 0.25) is 0 Å². The van der Waals surface area contributed by atoms with Crippen LogP contribution in [0.3, 0.4) is 0 Å². The van der Waals surface area contributed by atoms with E-state index in [0.717, 1.165) is 19.7 Å². The zero-order valence-corrected chi connectivity index (χ0v) is 32.2. The van der Waals surface area contributed by atoms with Crippen LogP contribution in [0.5, 0.6) is 5.75 Å². The third-order valence-corrected chi connectivity index (χ3v) is 9.85. The van der Waals surface area contributed by atoms with Crippen LogP contribution in [-0.4, -0.2) is 12.7 Å². The van der Waals surface area contributed by atoms with Gasteiger partial charge in [-0.15, -0.1) is 0 Å². The number of halogens is 3. The van der Waals surface area contributed by atoms with Crippen molar-refractivity contribution in [1.29, 1.82) is 0 Å². The van der Waals surface area contributed by atoms with Crippen LogP contribution in [0.2, 0.25) is 0 Å². The monoisotopic (exact) mass is 887 g/mol. The summed E-state index contributed by atoms with van der Waals surface area (Å²) in [5.41, 5.74) is 7.49. The summed E-state index contributed by atoms with van der Waals surface area (Å²) in [4.78, 5) is 0. The molecular formula is C44H31BBr2IO2. The van der Waals surface area contributed by atoms with Crippen molar-refractivity contribution in [2.75, 3.05) is 0 Å². The van der Waals surface area contributed by atoms with Crippen molar-refractivity contribution in [1.82, 2.24) is 0 Å². The van der Waals surface area contributed by atoms with E-state index < -0.39 is 0 Å². The molecule has 0 atom stereocenters. The van der Waals surface area contributed by atoms with Crippen molar-refractivity contribution in [3.05, 3.63) is 195 Å². The SMILES string of the molecule is Brc1ccc(-c2ccc(-c3ccc4ccccc4c3)cc2)cc1.Brc1ccc(-c2ccc(I)cc2)cc1.O[B]Oc1ccc2ccccc2c1. The fraction of sp³-hybridized carbons (Fsp3) is 0. The predicted molar refractivity (Wildman–Crippen MR) is 227 cm³/mol. The number of hydrogen-bond acceptors (Lipinski definition) is 2. The first-order valence-corrected chi connectivity index (χ1v) is 18.6. The molecule has 0 saturated heterocycles. The van der Waals surface area contributed by atoms with Gasteiger partial charge in [0.15, 0.2) is 0 Å². The summed E-state index contributed by atoms with van der Waals surface area (Å²) in [6.45, 7) is 0. The van der Waals surface area contributed by atoms with Crippen LogP contribution in [0.1, 0.15) is 0 Å². The fourth-order valence-electron chi connectivity index (χ4n) is 5.45. The lowest BCUT2D eigenvalue weighted by Gasteiger charge is -2.07. The van der Waals surface area contributed by atoms with Crippen LogP contribution in [0.4, 0.5) is 0 Å². The van der Waals surface area contributed by atoms with Gasteiger partial charge in [0.25, 0.3) is 0 Å². The molecule has 0 aliphatic rings. The Hall–Kier alpha value is -4.21. The second-order valence-corrected chi connectivity index (χ2v) is 14.5. The van der Waals surface area contributed by atoms with E-state index in [4.69, 9.17) is 9.68 Å². The Bertz CT molecular complexity index is 2250. The van der Waals surface area contributed by atoms with E-state index in [9.17, 15) is 0 Å². The molecule has 0 unspecified atom stereocenters. The second kappa shape index (κ2) is 17.6. The minimum atomic E-state index is 0.640. The molecule has 0 bridgehead atoms. The molecule has 0 fully saturated rings. The third-order valence-electron chi connectivity index (χ3n) is 8.08. The van der Waals surface area contributed by atoms with Gasteiger partial charge in [-0.1, -0.05) is 159 Å². The van der Waals surface area contributed by atoms with Gasteiger partial charge in [0.05, 0.1) is 0 Å². The fourth-order valence-corrected chi connectivity index (χ4v) is 6.34. The molecule has 2 nitrogen and oxygen atoms in total. The van der Waals surface area contributed by atoms with Crippen molar-refractivity contribution >= 4 is 83.7 Å². The summed E-state index contributed by atoms with van der Waals surface area (Å²) in [6.07, 6.45) is 0. The quantitative estimate of drug-likeness (QED) is 0.138. The highest BCUT2D eigenvalue weighted by Gasteiger charge is 2.02. The summed E-state index contributed by atoms with van der Waals surface area (Å²) in [6, 6.07) is 62.8. The van der Waals surface area contributed by atoms with E-state index in [2.05, 4.69) is 194 Å². The largest absolute Gasteiger partial charge is 0.569 e. The maximum Gasteiger partial charge on any atom is 0.569 e. The Kier molecular flexibility index (Phi) is 12.6. The molecule has 8 aromatic carbocycles. The number of rotatable bonds is 5. The summed E-state index contributed by atoms with van der Waals surface area (Å²) < 4.78 is 8.33. The summed E-state index contributed by atoms with van der Waals surface area (Å²) >= 11 is 9.22. The molecule has 8 rings (SSSR count). The molecule has 0 aromatic heterocycles. The molecule has 0 spiro atoms. The van der Waals surface area contributed by atoms with E-state index in [1.165, 1.54) is 47.7 Å². The highest BCUT2D eigenvalue weighted by Crippen LogP contribution is 2.28. The van der Waals surface area contributed by atoms with Crippen LogP contribution >= 0.6 is 54.5 Å². The molecule has 50 heavy (non-hydrogen) atoms. The van der Waals surface area contributed by atoms with Crippen LogP contribution < -0.4 is 4.65 Å². The number of hydrogen-bond donors (Lipinski definition) is 1. The van der Waals surface area contributed by atoms with E-state index in [1.54, 1.807) is 0 Å². The van der Waals surface area contributed by atoms with E-state index in [1.807, 2.05) is 42.5 Å². The molecular weight excluding hydrogens is 858 g/mol. The molecule has 6 heteroatoms. The normalized spacial score (nSPS) is 10.4. The summed E-state index contributed by atoms with van der Waals surface area (Å²) in [5.74, 6) is 0.640. The Labute approximate surface area is 324 Å². The van der Waals surface area contributed by atoms with Gasteiger partial charge in [0, 0.05) is 12.5 Å². The Morgan fingerprint density at radius 1 is 0.400 bits per heavy atom. The lowest BCUT2D eigenvalue weighted by Crippen LogP contribution is -1.99. The molecule has 243 valence electrons. The van der Waals surface area contributed by atoms with Crippen molar-refractivity contribution in [3.63, 3.8) is 0 Å². The van der Waals surface area contributed by atoms with Crippen molar-refractivity contribution in [2.45, 2.75) is 0 Å². The predicted octanol–water partition coefficient (Wildman–Crippen LogP) is 13.4. The first kappa shape index (κ1) is 35.6. The minimum absolute atomic E-state index is 0.640. The Morgan fingerprint density at radius 3 is 1.24 bits per heavy atom. The molecule has 1 radical (unpaired) electrons. The summed E-state index contributed by atoms with van der Waals surface area (Å²) in [7, 11) is 0.685. The van der Waals surface area contributed by atoms with E-state index in [0.29, 0.717) is 13.4 Å². The van der Waals surface area contributed by atoms with Crippen LogP contribution in [0.15, 0.2) is 191 Å². The number of benzene rings is 8. The molecule has 0 aliphatic carbocycles. The Morgan fingerprint density at radius 2 is 0.760 bits per heavy atom. The van der Waals surface area contributed by atoms with Crippen molar-refractivity contribution < 1.29 is 9.68 Å². The minimum Gasteiger partial charge on any atom is -0.537 e. The average Bonchev–Trinajstić information content (AvgIpc) is 3.16. The van der Waals surface area contributed by atoms with E-state index >= 15 is 0 Å². The van der Waals surface area contributed by atoms with Gasteiger partial charge in [0.1, 0.15) is 5.75 Å². The standard InChI is InChI=1S/C22H15Br.C12H8BrI.C10H8BO2/c23-22-13-11-18(12-14-22)17-5-7-19(8-6-17)21-10-9-16-3-1-2-4-20(16)15-21;13-11-5-1-9(2-6-11)10-3-7-12(14)8-4-10;12-11-13-10-6-5-8-3-1-2-4-9(8)7-10/h1-15H;1-8H;1-7,12H. The smallest absolute Gasteiger partial charge is 0.537 e. The maximum absolute atomic E-state index is 8.44. The zero-order valence-electron chi connectivity index (χ0n) is 26.9. The van der Waals surface area contributed by atoms with Gasteiger partial charge < -0.3 is 9.68 Å². The summed E-state index contributed by atoms with van der Waals surface area (Å²) in [5, 5.41) is 13.3. The van der Waals surface area contributed by atoms with Gasteiger partial charge in [-0.2, -0.15) is 0 Å². The van der Waals surface area contributed by atoms with Gasteiger partial charge in [-0.05, 0) is 132 Å². The van der Waals surface area contributed by atoms with Crippen molar-refractivity contribution in [3.8, 4) is 39.1 Å². The third kappa shape index (κ3) is 9.73. The Balaban J connectivity index is 0.000000138. The first-order valence-electron chi connectivity index (χ1n) is 15.9. The number of fused-ring (bicyclic) bond motifs is 2.